The Kier molecular flexibility index (Phi) is 3.01. The molecule has 2 fully saturated rings. The Morgan fingerprint density at radius 2 is 1.79 bits per heavy atom. The zero-order valence-electron chi connectivity index (χ0n) is 12.8. The van der Waals surface area contributed by atoms with Crippen molar-refractivity contribution in [3.05, 3.63) is 35.4 Å². The van der Waals surface area contributed by atoms with E-state index in [0.717, 1.165) is 24.9 Å². The normalized spacial score (nSPS) is 24.4. The Morgan fingerprint density at radius 1 is 1.11 bits per heavy atom. The highest BCUT2D eigenvalue weighted by atomic mass is 14.9. The molecule has 1 nitrogen and oxygen atoms in total. The van der Waals surface area contributed by atoms with Crippen molar-refractivity contribution >= 4 is 0 Å². The van der Waals surface area contributed by atoms with Crippen LogP contribution in [-0.4, -0.2) is 6.54 Å². The van der Waals surface area contributed by atoms with Gasteiger partial charge in [-0.05, 0) is 53.2 Å². The van der Waals surface area contributed by atoms with E-state index in [-0.39, 0.29) is 0 Å². The largest absolute Gasteiger partial charge is 0.312 e. The van der Waals surface area contributed by atoms with Crippen LogP contribution in [-0.2, 0) is 6.54 Å². The van der Waals surface area contributed by atoms with Gasteiger partial charge < -0.3 is 5.32 Å². The molecule has 0 bridgehead atoms. The van der Waals surface area contributed by atoms with Crippen LogP contribution < -0.4 is 5.32 Å². The molecule has 0 aliphatic heterocycles. The SMILES string of the molecule is CC1(C)C(CNCc2cccc(C3CC3)c2)C1(C)C. The Balaban J connectivity index is 1.52. The summed E-state index contributed by atoms with van der Waals surface area (Å²) < 4.78 is 0. The van der Waals surface area contributed by atoms with Gasteiger partial charge in [0.2, 0.25) is 0 Å². The van der Waals surface area contributed by atoms with Crippen LogP contribution in [0.3, 0.4) is 0 Å². The Morgan fingerprint density at radius 3 is 2.37 bits per heavy atom. The standard InChI is InChI=1S/C18H27N/c1-17(2)16(18(17,3)4)12-19-11-13-6-5-7-15(10-13)14-8-9-14/h5-7,10,14,16,19H,8-9,11-12H2,1-4H3. The fourth-order valence-electron chi connectivity index (χ4n) is 3.58. The quantitative estimate of drug-likeness (QED) is 0.827. The molecule has 1 aromatic rings. The van der Waals surface area contributed by atoms with Gasteiger partial charge in [0, 0.05) is 6.54 Å². The molecule has 0 heterocycles. The maximum absolute atomic E-state index is 3.66. The monoisotopic (exact) mass is 257 g/mol. The van der Waals surface area contributed by atoms with Crippen LogP contribution in [0.4, 0.5) is 0 Å². The van der Waals surface area contributed by atoms with Gasteiger partial charge in [0.05, 0.1) is 0 Å². The van der Waals surface area contributed by atoms with Crippen molar-refractivity contribution in [1.29, 1.82) is 0 Å². The van der Waals surface area contributed by atoms with E-state index in [9.17, 15) is 0 Å². The topological polar surface area (TPSA) is 12.0 Å². The van der Waals surface area contributed by atoms with E-state index in [1.54, 1.807) is 5.56 Å². The third-order valence-electron chi connectivity index (χ3n) is 6.00. The van der Waals surface area contributed by atoms with Gasteiger partial charge in [-0.15, -0.1) is 0 Å². The second-order valence-electron chi connectivity index (χ2n) is 7.65. The smallest absolute Gasteiger partial charge is 0.0205 e. The lowest BCUT2D eigenvalue weighted by atomic mass is 10.0. The molecule has 1 N–H and O–H groups in total. The van der Waals surface area contributed by atoms with Crippen LogP contribution in [0.2, 0.25) is 0 Å². The fraction of sp³-hybridized carbons (Fsp3) is 0.667. The van der Waals surface area contributed by atoms with E-state index in [1.165, 1.54) is 18.4 Å². The van der Waals surface area contributed by atoms with Gasteiger partial charge >= 0.3 is 0 Å². The lowest BCUT2D eigenvalue weighted by Gasteiger charge is -2.08. The van der Waals surface area contributed by atoms with Crippen LogP contribution in [0.1, 0.15) is 57.6 Å². The minimum atomic E-state index is 0.496. The summed E-state index contributed by atoms with van der Waals surface area (Å²) in [5.74, 6) is 1.67. The molecule has 19 heavy (non-hydrogen) atoms. The molecule has 3 rings (SSSR count). The second kappa shape index (κ2) is 4.34. The molecule has 1 heteroatoms. The first kappa shape index (κ1) is 13.2. The number of benzene rings is 1. The molecule has 2 saturated carbocycles. The molecule has 2 aliphatic rings. The van der Waals surface area contributed by atoms with Gasteiger partial charge in [0.25, 0.3) is 0 Å². The average molecular weight is 257 g/mol. The summed E-state index contributed by atoms with van der Waals surface area (Å²) in [7, 11) is 0. The Bertz CT molecular complexity index is 454. The van der Waals surface area contributed by atoms with Gasteiger partial charge in [0.15, 0.2) is 0 Å². The molecule has 0 atom stereocenters. The maximum Gasteiger partial charge on any atom is 0.0205 e. The van der Waals surface area contributed by atoms with Crippen LogP contribution in [0.25, 0.3) is 0 Å². The summed E-state index contributed by atoms with van der Waals surface area (Å²) >= 11 is 0. The molecular weight excluding hydrogens is 230 g/mol. The highest BCUT2D eigenvalue weighted by Gasteiger charge is 2.63. The average Bonchev–Trinajstić information content (AvgIpc) is 3.24. The van der Waals surface area contributed by atoms with E-state index in [1.807, 2.05) is 0 Å². The summed E-state index contributed by atoms with van der Waals surface area (Å²) in [4.78, 5) is 0. The van der Waals surface area contributed by atoms with Gasteiger partial charge in [-0.25, -0.2) is 0 Å². The Hall–Kier alpha value is -0.820. The molecule has 0 radical (unpaired) electrons. The maximum atomic E-state index is 3.66. The lowest BCUT2D eigenvalue weighted by molar-refractivity contribution is 0.457. The van der Waals surface area contributed by atoms with Crippen molar-refractivity contribution < 1.29 is 0 Å². The summed E-state index contributed by atoms with van der Waals surface area (Å²) in [6.45, 7) is 11.7. The van der Waals surface area contributed by atoms with Crippen molar-refractivity contribution in [2.45, 2.75) is 53.0 Å². The van der Waals surface area contributed by atoms with Crippen molar-refractivity contribution in [2.75, 3.05) is 6.54 Å². The van der Waals surface area contributed by atoms with Crippen molar-refractivity contribution in [3.63, 3.8) is 0 Å². The minimum absolute atomic E-state index is 0.496. The van der Waals surface area contributed by atoms with Crippen LogP contribution >= 0.6 is 0 Å². The molecule has 0 amide bonds. The summed E-state index contributed by atoms with van der Waals surface area (Å²) in [5.41, 5.74) is 3.98. The third-order valence-corrected chi connectivity index (χ3v) is 6.00. The number of hydrogen-bond donors (Lipinski definition) is 1. The summed E-state index contributed by atoms with van der Waals surface area (Å²) in [6.07, 6.45) is 2.78. The molecule has 0 spiro atoms. The van der Waals surface area contributed by atoms with E-state index in [2.05, 4.69) is 57.3 Å². The van der Waals surface area contributed by atoms with Crippen LogP contribution in [0, 0.1) is 16.7 Å². The second-order valence-corrected chi connectivity index (χ2v) is 7.65. The van der Waals surface area contributed by atoms with Gasteiger partial charge in [-0.1, -0.05) is 52.0 Å². The molecule has 2 aliphatic carbocycles. The number of rotatable bonds is 5. The van der Waals surface area contributed by atoms with Crippen molar-refractivity contribution in [2.24, 2.45) is 16.7 Å². The molecule has 0 aromatic heterocycles. The van der Waals surface area contributed by atoms with Gasteiger partial charge in [0.1, 0.15) is 0 Å². The van der Waals surface area contributed by atoms with Crippen molar-refractivity contribution in [3.8, 4) is 0 Å². The van der Waals surface area contributed by atoms with Gasteiger partial charge in [-0.2, -0.15) is 0 Å². The minimum Gasteiger partial charge on any atom is -0.312 e. The predicted molar refractivity (Wildman–Crippen MR) is 81.2 cm³/mol. The van der Waals surface area contributed by atoms with Crippen molar-refractivity contribution in [1.82, 2.24) is 5.32 Å². The molecule has 0 unspecified atom stereocenters. The highest BCUT2D eigenvalue weighted by molar-refractivity contribution is 5.29. The Labute approximate surface area is 117 Å². The summed E-state index contributed by atoms with van der Waals surface area (Å²) in [5, 5.41) is 3.66. The van der Waals surface area contributed by atoms with E-state index >= 15 is 0 Å². The first-order chi connectivity index (χ1) is 8.93. The first-order valence-corrected chi connectivity index (χ1v) is 7.72. The fourth-order valence-corrected chi connectivity index (χ4v) is 3.58. The van der Waals surface area contributed by atoms with Gasteiger partial charge in [-0.3, -0.25) is 0 Å². The molecular formula is C18H27N. The van der Waals surface area contributed by atoms with Crippen LogP contribution in [0.15, 0.2) is 24.3 Å². The first-order valence-electron chi connectivity index (χ1n) is 7.72. The molecule has 104 valence electrons. The summed E-state index contributed by atoms with van der Waals surface area (Å²) in [6, 6.07) is 9.15. The third kappa shape index (κ3) is 2.33. The van der Waals surface area contributed by atoms with Crippen LogP contribution in [0.5, 0.6) is 0 Å². The number of nitrogens with one attached hydrogen (secondary N) is 1. The zero-order valence-corrected chi connectivity index (χ0v) is 12.8. The predicted octanol–water partition coefficient (Wildman–Crippen LogP) is 4.34. The highest BCUT2D eigenvalue weighted by Crippen LogP contribution is 2.67. The zero-order chi connectivity index (χ0) is 13.7. The molecule has 1 aromatic carbocycles. The molecule has 0 saturated heterocycles. The van der Waals surface area contributed by atoms with E-state index in [4.69, 9.17) is 0 Å². The number of hydrogen-bond acceptors (Lipinski definition) is 1. The van der Waals surface area contributed by atoms with E-state index < -0.39 is 0 Å². The lowest BCUT2D eigenvalue weighted by Crippen LogP contribution is -2.18. The van der Waals surface area contributed by atoms with E-state index in [0.29, 0.717) is 10.8 Å².